The SMILES string of the molecule is CC1=CC2=CC(C)=CC2=C1. The predicted molar refractivity (Wildman–Crippen MR) is 43.7 cm³/mol. The van der Waals surface area contributed by atoms with Gasteiger partial charge in [0.2, 0.25) is 0 Å². The van der Waals surface area contributed by atoms with E-state index in [9.17, 15) is 0 Å². The Morgan fingerprint density at radius 1 is 0.700 bits per heavy atom. The van der Waals surface area contributed by atoms with Crippen LogP contribution in [0.4, 0.5) is 0 Å². The van der Waals surface area contributed by atoms with Crippen molar-refractivity contribution >= 4 is 0 Å². The molecule has 0 N–H and O–H groups in total. The van der Waals surface area contributed by atoms with Crippen LogP contribution < -0.4 is 0 Å². The molecule has 0 aliphatic heterocycles. The smallest absolute Gasteiger partial charge is 0.0179 e. The molecule has 0 fully saturated rings. The van der Waals surface area contributed by atoms with Gasteiger partial charge in [-0.05, 0) is 36.1 Å². The highest BCUT2D eigenvalue weighted by atomic mass is 14.2. The van der Waals surface area contributed by atoms with Gasteiger partial charge in [0, 0.05) is 0 Å². The number of hydrogen-bond donors (Lipinski definition) is 0. The maximum atomic E-state index is 2.22. The van der Waals surface area contributed by atoms with Crippen LogP contribution >= 0.6 is 0 Å². The Morgan fingerprint density at radius 2 is 1.10 bits per heavy atom. The number of hydrogen-bond acceptors (Lipinski definition) is 0. The van der Waals surface area contributed by atoms with Gasteiger partial charge in [-0.15, -0.1) is 0 Å². The van der Waals surface area contributed by atoms with E-state index in [1.54, 1.807) is 0 Å². The third-order valence-corrected chi connectivity index (χ3v) is 1.87. The van der Waals surface area contributed by atoms with E-state index in [1.165, 1.54) is 22.3 Å². The molecule has 0 amide bonds. The van der Waals surface area contributed by atoms with Crippen LogP contribution in [0.5, 0.6) is 0 Å². The Hall–Kier alpha value is -1.04. The Morgan fingerprint density at radius 3 is 1.50 bits per heavy atom. The molecule has 2 aliphatic rings. The summed E-state index contributed by atoms with van der Waals surface area (Å²) in [4.78, 5) is 0. The first-order chi connectivity index (χ1) is 4.75. The van der Waals surface area contributed by atoms with Crippen molar-refractivity contribution in [2.75, 3.05) is 0 Å². The highest BCUT2D eigenvalue weighted by Gasteiger charge is 2.11. The van der Waals surface area contributed by atoms with Crippen molar-refractivity contribution in [2.24, 2.45) is 0 Å². The topological polar surface area (TPSA) is 0 Å². The Kier molecular flexibility index (Phi) is 0.986. The molecule has 50 valence electrons. The van der Waals surface area contributed by atoms with Gasteiger partial charge >= 0.3 is 0 Å². The number of fused-ring (bicyclic) bond motifs is 1. The fraction of sp³-hybridized carbons (Fsp3) is 0.200. The molecule has 0 heterocycles. The van der Waals surface area contributed by atoms with Gasteiger partial charge in [-0.2, -0.15) is 0 Å². The van der Waals surface area contributed by atoms with Gasteiger partial charge in [0.1, 0.15) is 0 Å². The Balaban J connectivity index is 2.49. The molecule has 0 unspecified atom stereocenters. The molecule has 0 aromatic heterocycles. The third kappa shape index (κ3) is 0.688. The van der Waals surface area contributed by atoms with E-state index >= 15 is 0 Å². The summed E-state index contributed by atoms with van der Waals surface area (Å²) in [7, 11) is 0. The van der Waals surface area contributed by atoms with Crippen molar-refractivity contribution in [1.29, 1.82) is 0 Å². The van der Waals surface area contributed by atoms with Crippen LogP contribution in [0.3, 0.4) is 0 Å². The van der Waals surface area contributed by atoms with Crippen LogP contribution in [-0.2, 0) is 0 Å². The maximum absolute atomic E-state index is 2.22. The van der Waals surface area contributed by atoms with Crippen molar-refractivity contribution in [3.63, 3.8) is 0 Å². The second-order valence-corrected chi connectivity index (χ2v) is 2.98. The molecular formula is C10H10. The van der Waals surface area contributed by atoms with E-state index in [0.717, 1.165) is 0 Å². The van der Waals surface area contributed by atoms with E-state index in [4.69, 9.17) is 0 Å². The average molecular weight is 130 g/mol. The normalized spacial score (nSPS) is 21.4. The van der Waals surface area contributed by atoms with Crippen molar-refractivity contribution in [2.45, 2.75) is 13.8 Å². The van der Waals surface area contributed by atoms with Crippen LogP contribution in [0.2, 0.25) is 0 Å². The minimum absolute atomic E-state index is 1.37. The van der Waals surface area contributed by atoms with Crippen molar-refractivity contribution in [3.8, 4) is 0 Å². The van der Waals surface area contributed by atoms with Crippen LogP contribution in [0, 0.1) is 0 Å². The molecule has 0 aromatic rings. The summed E-state index contributed by atoms with van der Waals surface area (Å²) in [5, 5.41) is 0. The second kappa shape index (κ2) is 1.72. The molecule has 0 saturated heterocycles. The summed E-state index contributed by atoms with van der Waals surface area (Å²) in [5.41, 5.74) is 5.50. The van der Waals surface area contributed by atoms with E-state index in [1.807, 2.05) is 0 Å². The zero-order valence-electron chi connectivity index (χ0n) is 6.31. The fourth-order valence-corrected chi connectivity index (χ4v) is 1.48. The van der Waals surface area contributed by atoms with Crippen molar-refractivity contribution in [3.05, 3.63) is 46.6 Å². The molecule has 0 nitrogen and oxygen atoms in total. The minimum atomic E-state index is 1.37. The van der Waals surface area contributed by atoms with Crippen LogP contribution in [0.1, 0.15) is 13.8 Å². The fourth-order valence-electron chi connectivity index (χ4n) is 1.48. The lowest BCUT2D eigenvalue weighted by atomic mass is 10.2. The molecule has 0 saturated carbocycles. The van der Waals surface area contributed by atoms with Gasteiger partial charge < -0.3 is 0 Å². The highest BCUT2D eigenvalue weighted by molar-refractivity contribution is 5.64. The van der Waals surface area contributed by atoms with Gasteiger partial charge in [-0.3, -0.25) is 0 Å². The van der Waals surface area contributed by atoms with E-state index < -0.39 is 0 Å². The maximum Gasteiger partial charge on any atom is -0.0179 e. The summed E-state index contributed by atoms with van der Waals surface area (Å²) < 4.78 is 0. The molecule has 0 bridgehead atoms. The van der Waals surface area contributed by atoms with Gasteiger partial charge in [-0.25, -0.2) is 0 Å². The minimum Gasteiger partial charge on any atom is -0.0514 e. The molecule has 0 aromatic carbocycles. The molecule has 2 rings (SSSR count). The molecule has 2 aliphatic carbocycles. The van der Waals surface area contributed by atoms with Crippen molar-refractivity contribution in [1.82, 2.24) is 0 Å². The molecule has 0 spiro atoms. The van der Waals surface area contributed by atoms with Crippen LogP contribution in [0.15, 0.2) is 46.6 Å². The first-order valence-corrected chi connectivity index (χ1v) is 3.56. The molecule has 0 radical (unpaired) electrons. The summed E-state index contributed by atoms with van der Waals surface area (Å²) in [6.45, 7) is 4.27. The first-order valence-electron chi connectivity index (χ1n) is 3.56. The predicted octanol–water partition coefficient (Wildman–Crippen LogP) is 2.76. The summed E-state index contributed by atoms with van der Waals surface area (Å²) in [6.07, 6.45) is 8.90. The number of allylic oxidation sites excluding steroid dienone is 8. The van der Waals surface area contributed by atoms with Crippen LogP contribution in [-0.4, -0.2) is 0 Å². The third-order valence-electron chi connectivity index (χ3n) is 1.87. The largest absolute Gasteiger partial charge is 0.0514 e. The molecular weight excluding hydrogens is 120 g/mol. The molecule has 0 heteroatoms. The van der Waals surface area contributed by atoms with Crippen molar-refractivity contribution < 1.29 is 0 Å². The monoisotopic (exact) mass is 130 g/mol. The summed E-state index contributed by atoms with van der Waals surface area (Å²) in [5.74, 6) is 0. The Labute approximate surface area is 61.3 Å². The second-order valence-electron chi connectivity index (χ2n) is 2.98. The quantitative estimate of drug-likeness (QED) is 0.473. The van der Waals surface area contributed by atoms with Gasteiger partial charge in [0.15, 0.2) is 0 Å². The standard InChI is InChI=1S/C10H10/c1-7-3-9-5-8(2)6-10(9)4-7/h3-6H,1-2H3. The molecule has 10 heavy (non-hydrogen) atoms. The molecule has 0 atom stereocenters. The zero-order chi connectivity index (χ0) is 7.14. The summed E-state index contributed by atoms with van der Waals surface area (Å²) in [6, 6.07) is 0. The van der Waals surface area contributed by atoms with E-state index in [2.05, 4.69) is 38.2 Å². The lowest BCUT2D eigenvalue weighted by Gasteiger charge is -1.85. The first kappa shape index (κ1) is 5.72. The van der Waals surface area contributed by atoms with Gasteiger partial charge in [0.05, 0.1) is 0 Å². The Bertz CT molecular complexity index is 264. The number of rotatable bonds is 0. The summed E-state index contributed by atoms with van der Waals surface area (Å²) >= 11 is 0. The van der Waals surface area contributed by atoms with Gasteiger partial charge in [-0.1, -0.05) is 24.3 Å². The van der Waals surface area contributed by atoms with Gasteiger partial charge in [0.25, 0.3) is 0 Å². The van der Waals surface area contributed by atoms with Crippen LogP contribution in [0.25, 0.3) is 0 Å². The highest BCUT2D eigenvalue weighted by Crippen LogP contribution is 2.30. The van der Waals surface area contributed by atoms with E-state index in [0.29, 0.717) is 0 Å². The lowest BCUT2D eigenvalue weighted by molar-refractivity contribution is 1.52. The van der Waals surface area contributed by atoms with E-state index in [-0.39, 0.29) is 0 Å². The zero-order valence-corrected chi connectivity index (χ0v) is 6.31. The average Bonchev–Trinajstić information content (AvgIpc) is 2.21. The lowest BCUT2D eigenvalue weighted by Crippen LogP contribution is -1.67.